The van der Waals surface area contributed by atoms with Gasteiger partial charge in [0, 0.05) is 45.0 Å². The summed E-state index contributed by atoms with van der Waals surface area (Å²) >= 11 is 0. The minimum absolute atomic E-state index is 0.223. The van der Waals surface area contributed by atoms with E-state index in [-0.39, 0.29) is 10.9 Å². The van der Waals surface area contributed by atoms with E-state index in [1.165, 1.54) is 6.20 Å². The van der Waals surface area contributed by atoms with Crippen molar-refractivity contribution < 1.29 is 17.9 Å². The Kier molecular flexibility index (Phi) is 5.95. The average molecular weight is 379 g/mol. The summed E-state index contributed by atoms with van der Waals surface area (Å²) in [5.74, 6) is 0.750. The summed E-state index contributed by atoms with van der Waals surface area (Å²) in [7, 11) is -2.06. The topological polar surface area (TPSA) is 73.7 Å². The molecule has 7 nitrogen and oxygen atoms in total. The number of hydrogen-bond donors (Lipinski definition) is 0. The third-order valence-corrected chi connectivity index (χ3v) is 6.40. The number of aromatic nitrogens is 2. The molecular formula is C18H25N3O4S. The van der Waals surface area contributed by atoms with Gasteiger partial charge in [-0.3, -0.25) is 4.68 Å². The van der Waals surface area contributed by atoms with Crippen molar-refractivity contribution in [3.8, 4) is 5.75 Å². The summed E-state index contributed by atoms with van der Waals surface area (Å²) in [6, 6.07) is 7.38. The molecule has 0 unspecified atom stereocenters. The monoisotopic (exact) mass is 379 g/mol. The molecule has 2 aromatic rings. The number of nitrogens with zero attached hydrogens (tertiary/aromatic N) is 3. The van der Waals surface area contributed by atoms with Crippen molar-refractivity contribution in [3.63, 3.8) is 0 Å². The first-order valence-corrected chi connectivity index (χ1v) is 10.3. The van der Waals surface area contributed by atoms with Gasteiger partial charge in [0.2, 0.25) is 10.0 Å². The molecule has 0 bridgehead atoms. The highest BCUT2D eigenvalue weighted by Gasteiger charge is 2.36. The van der Waals surface area contributed by atoms with Crippen molar-refractivity contribution in [2.75, 3.05) is 26.9 Å². The zero-order valence-electron chi connectivity index (χ0n) is 15.2. The van der Waals surface area contributed by atoms with Gasteiger partial charge in [0.25, 0.3) is 0 Å². The number of rotatable bonds is 8. The summed E-state index contributed by atoms with van der Waals surface area (Å²) in [5.41, 5.74) is 0.905. The fourth-order valence-electron chi connectivity index (χ4n) is 3.22. The molecule has 1 aliphatic rings. The van der Waals surface area contributed by atoms with E-state index in [1.807, 2.05) is 31.2 Å². The van der Waals surface area contributed by atoms with Gasteiger partial charge in [-0.15, -0.1) is 0 Å². The van der Waals surface area contributed by atoms with Gasteiger partial charge in [0.05, 0.1) is 18.8 Å². The van der Waals surface area contributed by atoms with Crippen molar-refractivity contribution in [1.29, 1.82) is 0 Å². The van der Waals surface area contributed by atoms with E-state index in [0.29, 0.717) is 39.1 Å². The van der Waals surface area contributed by atoms with Crippen LogP contribution in [0.25, 0.3) is 0 Å². The number of fused-ring (bicyclic) bond motifs is 1. The second kappa shape index (κ2) is 8.20. The number of ether oxygens (including phenoxy) is 2. The maximum atomic E-state index is 13.4. The molecule has 142 valence electrons. The Balaban J connectivity index is 1.98. The van der Waals surface area contributed by atoms with Gasteiger partial charge in [0.15, 0.2) is 0 Å². The quantitative estimate of drug-likeness (QED) is 0.659. The zero-order valence-corrected chi connectivity index (χ0v) is 16.0. The van der Waals surface area contributed by atoms with Crippen LogP contribution in [0.1, 0.15) is 31.4 Å². The lowest BCUT2D eigenvalue weighted by Crippen LogP contribution is -2.38. The number of methoxy groups -OCH3 is 1. The maximum Gasteiger partial charge on any atom is 0.246 e. The predicted octanol–water partition coefficient (Wildman–Crippen LogP) is 2.45. The van der Waals surface area contributed by atoms with Crippen LogP contribution in [0.15, 0.2) is 41.6 Å². The summed E-state index contributed by atoms with van der Waals surface area (Å²) in [6.45, 7) is 3.93. The van der Waals surface area contributed by atoms with Gasteiger partial charge in [0.1, 0.15) is 10.6 Å². The van der Waals surface area contributed by atoms with Crippen molar-refractivity contribution in [2.24, 2.45) is 0 Å². The van der Waals surface area contributed by atoms with Crippen LogP contribution in [0.2, 0.25) is 0 Å². The fraction of sp³-hybridized carbons (Fsp3) is 0.500. The molecular weight excluding hydrogens is 354 g/mol. The van der Waals surface area contributed by atoms with E-state index in [0.717, 1.165) is 11.3 Å². The molecule has 0 saturated heterocycles. The smallest absolute Gasteiger partial charge is 0.246 e. The molecule has 1 aromatic carbocycles. The highest BCUT2D eigenvalue weighted by Crippen LogP contribution is 2.38. The molecule has 0 N–H and O–H groups in total. The van der Waals surface area contributed by atoms with Crippen molar-refractivity contribution in [2.45, 2.75) is 37.2 Å². The van der Waals surface area contributed by atoms with E-state index in [1.54, 1.807) is 22.3 Å². The summed E-state index contributed by atoms with van der Waals surface area (Å²) in [6.07, 6.45) is 4.25. The highest BCUT2D eigenvalue weighted by molar-refractivity contribution is 7.89. The number of hydrogen-bond acceptors (Lipinski definition) is 5. The third-order valence-electron chi connectivity index (χ3n) is 4.54. The van der Waals surface area contributed by atoms with E-state index >= 15 is 0 Å². The normalized spacial score (nSPS) is 17.1. The summed E-state index contributed by atoms with van der Waals surface area (Å²) in [4.78, 5) is 0.223. The summed E-state index contributed by atoms with van der Waals surface area (Å²) in [5, 5.41) is 4.13. The Morgan fingerprint density at radius 3 is 2.92 bits per heavy atom. The van der Waals surface area contributed by atoms with Crippen molar-refractivity contribution in [1.82, 2.24) is 14.1 Å². The number of sulfonamides is 1. The molecule has 1 aromatic heterocycles. The molecule has 1 aliphatic heterocycles. The highest BCUT2D eigenvalue weighted by atomic mass is 32.2. The fourth-order valence-corrected chi connectivity index (χ4v) is 4.85. The van der Waals surface area contributed by atoms with Crippen LogP contribution < -0.4 is 4.74 Å². The SMILES string of the molecule is CCn1cc(S(=O)(=O)N(CCCOC)[C@@H]2CCOc3ccccc32)cn1. The standard InChI is InChI=1S/C18H25N3O4S/c1-3-20-14-15(13-19-20)26(22,23)21(10-6-11-24-2)17-9-12-25-18-8-5-4-7-16(17)18/h4-5,7-8,13-14,17H,3,6,9-12H2,1-2H3/t17-/m1/s1. The molecule has 26 heavy (non-hydrogen) atoms. The summed E-state index contributed by atoms with van der Waals surface area (Å²) < 4.78 is 40.7. The molecule has 0 fully saturated rings. The number of para-hydroxylation sites is 1. The van der Waals surface area contributed by atoms with Crippen LogP contribution in [-0.2, 0) is 21.3 Å². The van der Waals surface area contributed by atoms with Crippen LogP contribution in [0.5, 0.6) is 5.75 Å². The van der Waals surface area contributed by atoms with Gasteiger partial charge in [-0.05, 0) is 19.4 Å². The maximum absolute atomic E-state index is 13.4. The molecule has 0 radical (unpaired) electrons. The van der Waals surface area contributed by atoms with Crippen LogP contribution in [0, 0.1) is 0 Å². The molecule has 2 heterocycles. The van der Waals surface area contributed by atoms with Gasteiger partial charge in [-0.2, -0.15) is 9.40 Å². The van der Waals surface area contributed by atoms with Crippen molar-refractivity contribution >= 4 is 10.0 Å². The first kappa shape index (κ1) is 18.9. The van der Waals surface area contributed by atoms with E-state index in [2.05, 4.69) is 5.10 Å². The molecule has 3 rings (SSSR count). The minimum Gasteiger partial charge on any atom is -0.493 e. The van der Waals surface area contributed by atoms with Gasteiger partial charge < -0.3 is 9.47 Å². The number of benzene rings is 1. The average Bonchev–Trinajstić information content (AvgIpc) is 3.15. The second-order valence-electron chi connectivity index (χ2n) is 6.18. The first-order chi connectivity index (χ1) is 12.6. The Hall–Kier alpha value is -1.90. The van der Waals surface area contributed by atoms with Crippen LogP contribution in [0.3, 0.4) is 0 Å². The molecule has 0 amide bonds. The largest absolute Gasteiger partial charge is 0.493 e. The molecule has 0 aliphatic carbocycles. The van der Waals surface area contributed by atoms with E-state index < -0.39 is 10.0 Å². The molecule has 8 heteroatoms. The zero-order chi connectivity index (χ0) is 18.6. The lowest BCUT2D eigenvalue weighted by molar-refractivity contribution is 0.168. The van der Waals surface area contributed by atoms with E-state index in [4.69, 9.17) is 9.47 Å². The minimum atomic E-state index is -3.67. The second-order valence-corrected chi connectivity index (χ2v) is 8.08. The van der Waals surface area contributed by atoms with Gasteiger partial charge in [-0.25, -0.2) is 8.42 Å². The van der Waals surface area contributed by atoms with E-state index in [9.17, 15) is 8.42 Å². The van der Waals surface area contributed by atoms with Crippen LogP contribution >= 0.6 is 0 Å². The van der Waals surface area contributed by atoms with Crippen molar-refractivity contribution in [3.05, 3.63) is 42.2 Å². The Bertz CT molecular complexity index is 834. The Labute approximate surface area is 154 Å². The lowest BCUT2D eigenvalue weighted by Gasteiger charge is -2.34. The van der Waals surface area contributed by atoms with Gasteiger partial charge >= 0.3 is 0 Å². The van der Waals surface area contributed by atoms with Crippen LogP contribution in [0.4, 0.5) is 0 Å². The molecule has 0 saturated carbocycles. The first-order valence-electron chi connectivity index (χ1n) is 8.83. The Morgan fingerprint density at radius 2 is 2.19 bits per heavy atom. The van der Waals surface area contributed by atoms with Gasteiger partial charge in [-0.1, -0.05) is 18.2 Å². The van der Waals surface area contributed by atoms with Crippen LogP contribution in [-0.4, -0.2) is 49.4 Å². The third kappa shape index (κ3) is 3.77. The molecule has 0 spiro atoms. The molecule has 1 atom stereocenters. The predicted molar refractivity (Wildman–Crippen MR) is 97.6 cm³/mol. The Morgan fingerprint density at radius 1 is 1.38 bits per heavy atom. The lowest BCUT2D eigenvalue weighted by atomic mass is 10.0. The number of aryl methyl sites for hydroxylation is 1.